The fourth-order valence-corrected chi connectivity index (χ4v) is 3.71. The minimum Gasteiger partial charge on any atom is -0.347 e. The van der Waals surface area contributed by atoms with E-state index in [9.17, 15) is 9.59 Å². The minimum absolute atomic E-state index is 0.0134. The Labute approximate surface area is 148 Å². The van der Waals surface area contributed by atoms with Gasteiger partial charge < -0.3 is 10.3 Å². The number of hydroxylamine groups is 1. The summed E-state index contributed by atoms with van der Waals surface area (Å²) in [6.45, 7) is 4.19. The highest BCUT2D eigenvalue weighted by Crippen LogP contribution is 2.32. The van der Waals surface area contributed by atoms with Crippen molar-refractivity contribution in [3.05, 3.63) is 18.2 Å². The summed E-state index contributed by atoms with van der Waals surface area (Å²) in [6.07, 6.45) is 9.45. The summed E-state index contributed by atoms with van der Waals surface area (Å²) >= 11 is 0. The van der Waals surface area contributed by atoms with E-state index in [1.54, 1.807) is 17.9 Å². The molecule has 0 radical (unpaired) electrons. The van der Waals surface area contributed by atoms with E-state index >= 15 is 0 Å². The molecule has 0 saturated heterocycles. The maximum absolute atomic E-state index is 13.0. The number of carbonyl (C=O) groups excluding carboxylic acids is 2. The number of hydrogen-bond donors (Lipinski definition) is 4. The first kappa shape index (κ1) is 19.4. The van der Waals surface area contributed by atoms with Gasteiger partial charge in [0.05, 0.1) is 6.04 Å². The van der Waals surface area contributed by atoms with Gasteiger partial charge in [0.2, 0.25) is 11.8 Å². The molecule has 140 valence electrons. The Morgan fingerprint density at radius 2 is 2.04 bits per heavy atom. The van der Waals surface area contributed by atoms with E-state index in [4.69, 9.17) is 5.21 Å². The summed E-state index contributed by atoms with van der Waals surface area (Å²) < 4.78 is 0. The molecule has 1 aromatic rings. The molecule has 25 heavy (non-hydrogen) atoms. The van der Waals surface area contributed by atoms with Gasteiger partial charge >= 0.3 is 0 Å². The maximum Gasteiger partial charge on any atom is 0.244 e. The molecule has 2 amide bonds. The van der Waals surface area contributed by atoms with Crippen LogP contribution in [0.3, 0.4) is 0 Å². The lowest BCUT2D eigenvalue weighted by Gasteiger charge is -2.30. The Bertz CT molecular complexity index is 539. The molecule has 1 fully saturated rings. The Hall–Kier alpha value is -1.89. The summed E-state index contributed by atoms with van der Waals surface area (Å²) in [4.78, 5) is 32.0. The minimum atomic E-state index is -0.510. The van der Waals surface area contributed by atoms with E-state index in [2.05, 4.69) is 29.1 Å². The highest BCUT2D eigenvalue weighted by Gasteiger charge is 2.33. The van der Waals surface area contributed by atoms with Gasteiger partial charge in [0.1, 0.15) is 5.82 Å². The van der Waals surface area contributed by atoms with Crippen LogP contribution in [-0.4, -0.2) is 27.0 Å². The first-order chi connectivity index (χ1) is 12.0. The Balaban J connectivity index is 2.11. The number of aromatic amines is 1. The SMILES string of the molecule is CC(C)C[C@H](NC(=O)[C@@H](CC(=O)NO)C1CCCCC1)c1ncc[nH]1. The lowest BCUT2D eigenvalue weighted by atomic mass is 9.77. The van der Waals surface area contributed by atoms with Crippen LogP contribution in [0.5, 0.6) is 0 Å². The van der Waals surface area contributed by atoms with Gasteiger partial charge in [-0.2, -0.15) is 0 Å². The Morgan fingerprint density at radius 3 is 2.60 bits per heavy atom. The van der Waals surface area contributed by atoms with Gasteiger partial charge in [0.15, 0.2) is 0 Å². The van der Waals surface area contributed by atoms with Crippen molar-refractivity contribution in [2.75, 3.05) is 0 Å². The fourth-order valence-electron chi connectivity index (χ4n) is 3.71. The molecule has 2 rings (SSSR count). The van der Waals surface area contributed by atoms with Crippen molar-refractivity contribution in [1.29, 1.82) is 0 Å². The second kappa shape index (κ2) is 9.56. The number of hydrogen-bond acceptors (Lipinski definition) is 4. The van der Waals surface area contributed by atoms with Gasteiger partial charge in [-0.3, -0.25) is 14.8 Å². The number of amides is 2. The topological polar surface area (TPSA) is 107 Å². The predicted octanol–water partition coefficient (Wildman–Crippen LogP) is 2.71. The van der Waals surface area contributed by atoms with Crippen molar-refractivity contribution in [2.24, 2.45) is 17.8 Å². The van der Waals surface area contributed by atoms with Crippen LogP contribution in [0.25, 0.3) is 0 Å². The van der Waals surface area contributed by atoms with Crippen LogP contribution in [0.2, 0.25) is 0 Å². The molecule has 4 N–H and O–H groups in total. The first-order valence-corrected chi connectivity index (χ1v) is 9.23. The molecular formula is C18H30N4O3. The molecule has 1 aliphatic rings. The second-order valence-electron chi connectivity index (χ2n) is 7.41. The molecule has 1 saturated carbocycles. The number of rotatable bonds is 8. The van der Waals surface area contributed by atoms with Crippen LogP contribution in [0.1, 0.15) is 70.7 Å². The summed E-state index contributed by atoms with van der Waals surface area (Å²) in [5, 5.41) is 12.0. The third kappa shape index (κ3) is 5.85. The number of nitrogens with one attached hydrogen (secondary N) is 3. The zero-order chi connectivity index (χ0) is 18.2. The van der Waals surface area contributed by atoms with E-state index in [0.717, 1.165) is 37.9 Å². The lowest BCUT2D eigenvalue weighted by molar-refractivity contribution is -0.137. The van der Waals surface area contributed by atoms with Crippen LogP contribution >= 0.6 is 0 Å². The van der Waals surface area contributed by atoms with Crippen molar-refractivity contribution in [2.45, 2.75) is 64.8 Å². The maximum atomic E-state index is 13.0. The van der Waals surface area contributed by atoms with Crippen LogP contribution in [0.4, 0.5) is 0 Å². The smallest absolute Gasteiger partial charge is 0.244 e. The molecule has 2 atom stereocenters. The highest BCUT2D eigenvalue weighted by molar-refractivity contribution is 5.85. The molecule has 7 heteroatoms. The van der Waals surface area contributed by atoms with E-state index in [1.165, 1.54) is 6.42 Å². The molecule has 0 bridgehead atoms. The zero-order valence-electron chi connectivity index (χ0n) is 15.1. The summed E-state index contributed by atoms with van der Waals surface area (Å²) in [7, 11) is 0. The molecule has 0 spiro atoms. The number of carbonyl (C=O) groups is 2. The highest BCUT2D eigenvalue weighted by atomic mass is 16.5. The van der Waals surface area contributed by atoms with Crippen LogP contribution in [0, 0.1) is 17.8 Å². The van der Waals surface area contributed by atoms with Gasteiger partial charge in [0.25, 0.3) is 0 Å². The van der Waals surface area contributed by atoms with E-state index < -0.39 is 11.8 Å². The van der Waals surface area contributed by atoms with Gasteiger partial charge in [-0.1, -0.05) is 33.1 Å². The summed E-state index contributed by atoms with van der Waals surface area (Å²) in [5.41, 5.74) is 1.67. The van der Waals surface area contributed by atoms with Crippen molar-refractivity contribution in [3.8, 4) is 0 Å². The average Bonchev–Trinajstić information content (AvgIpc) is 3.13. The van der Waals surface area contributed by atoms with Gasteiger partial charge in [0, 0.05) is 24.7 Å². The van der Waals surface area contributed by atoms with Crippen molar-refractivity contribution in [3.63, 3.8) is 0 Å². The van der Waals surface area contributed by atoms with E-state index in [0.29, 0.717) is 5.92 Å². The zero-order valence-corrected chi connectivity index (χ0v) is 15.1. The summed E-state index contributed by atoms with van der Waals surface area (Å²) in [6, 6.07) is -0.203. The van der Waals surface area contributed by atoms with Gasteiger partial charge in [-0.25, -0.2) is 10.5 Å². The van der Waals surface area contributed by atoms with E-state index in [-0.39, 0.29) is 24.3 Å². The normalized spacial score (nSPS) is 17.9. The quantitative estimate of drug-likeness (QED) is 0.427. The van der Waals surface area contributed by atoms with Crippen LogP contribution in [0.15, 0.2) is 12.4 Å². The monoisotopic (exact) mass is 350 g/mol. The number of aromatic nitrogens is 2. The molecule has 1 aliphatic carbocycles. The second-order valence-corrected chi connectivity index (χ2v) is 7.41. The molecule has 0 unspecified atom stereocenters. The van der Waals surface area contributed by atoms with Crippen molar-refractivity contribution in [1.82, 2.24) is 20.8 Å². The molecule has 1 aromatic heterocycles. The lowest BCUT2D eigenvalue weighted by Crippen LogP contribution is -2.41. The molecule has 1 heterocycles. The van der Waals surface area contributed by atoms with Gasteiger partial charge in [-0.15, -0.1) is 0 Å². The standard InChI is InChI=1S/C18H30N4O3/c1-12(2)10-15(17-19-8-9-20-17)21-18(24)14(11-16(23)22-25)13-6-4-3-5-7-13/h8-9,12-15,25H,3-7,10-11H2,1-2H3,(H,19,20)(H,21,24)(H,22,23)/t14-,15-/m0/s1. The molecular weight excluding hydrogens is 320 g/mol. The van der Waals surface area contributed by atoms with Gasteiger partial charge in [-0.05, 0) is 31.1 Å². The summed E-state index contributed by atoms with van der Waals surface area (Å²) in [5.74, 6) is 0.251. The Morgan fingerprint density at radius 1 is 1.32 bits per heavy atom. The van der Waals surface area contributed by atoms with Crippen molar-refractivity contribution >= 4 is 11.8 Å². The van der Waals surface area contributed by atoms with E-state index in [1.807, 2.05) is 0 Å². The fraction of sp³-hybridized carbons (Fsp3) is 0.722. The van der Waals surface area contributed by atoms with Crippen LogP contribution in [-0.2, 0) is 9.59 Å². The Kier molecular flexibility index (Phi) is 7.43. The average molecular weight is 350 g/mol. The molecule has 7 nitrogen and oxygen atoms in total. The molecule has 0 aliphatic heterocycles. The number of H-pyrrole nitrogens is 1. The third-order valence-electron chi connectivity index (χ3n) is 4.96. The third-order valence-corrected chi connectivity index (χ3v) is 4.96. The number of nitrogens with zero attached hydrogens (tertiary/aromatic N) is 1. The predicted molar refractivity (Wildman–Crippen MR) is 93.5 cm³/mol. The van der Waals surface area contributed by atoms with Crippen molar-refractivity contribution < 1.29 is 14.8 Å². The first-order valence-electron chi connectivity index (χ1n) is 9.23. The van der Waals surface area contributed by atoms with Crippen LogP contribution < -0.4 is 10.8 Å². The molecule has 0 aromatic carbocycles. The number of imidazole rings is 1. The largest absolute Gasteiger partial charge is 0.347 e.